The maximum Gasteiger partial charge on any atom is 0.235 e. The van der Waals surface area contributed by atoms with E-state index >= 15 is 0 Å². The predicted molar refractivity (Wildman–Crippen MR) is 213 cm³/mol. The van der Waals surface area contributed by atoms with Crippen LogP contribution in [0.5, 0.6) is 0 Å². The van der Waals surface area contributed by atoms with Crippen molar-refractivity contribution in [3.05, 3.63) is 158 Å². The van der Waals surface area contributed by atoms with Crippen LogP contribution >= 0.6 is 11.8 Å². The van der Waals surface area contributed by atoms with Crippen molar-refractivity contribution < 1.29 is 0 Å². The second-order valence-electron chi connectivity index (χ2n) is 13.3. The Morgan fingerprint density at radius 2 is 1.10 bits per heavy atom. The van der Waals surface area contributed by atoms with Gasteiger partial charge in [-0.2, -0.15) is 0 Å². The highest BCUT2D eigenvalue weighted by molar-refractivity contribution is 7.99. The summed E-state index contributed by atoms with van der Waals surface area (Å²) in [5, 5.41) is 10.9. The van der Waals surface area contributed by atoms with Crippen LogP contribution in [0.1, 0.15) is 0 Å². The van der Waals surface area contributed by atoms with Crippen LogP contribution < -0.4 is 0 Å². The van der Waals surface area contributed by atoms with E-state index in [9.17, 15) is 0 Å². The Morgan fingerprint density at radius 1 is 0.412 bits per heavy atom. The van der Waals surface area contributed by atoms with Crippen molar-refractivity contribution in [3.8, 4) is 22.9 Å². The Labute approximate surface area is 296 Å². The van der Waals surface area contributed by atoms with Gasteiger partial charge < -0.3 is 4.57 Å². The van der Waals surface area contributed by atoms with Crippen LogP contribution in [0.3, 0.4) is 0 Å². The smallest absolute Gasteiger partial charge is 0.235 e. The fourth-order valence-corrected chi connectivity index (χ4v) is 9.75. The number of para-hydroxylation sites is 2. The molecule has 4 nitrogen and oxygen atoms in total. The summed E-state index contributed by atoms with van der Waals surface area (Å²) in [7, 11) is 0. The summed E-state index contributed by atoms with van der Waals surface area (Å²) in [6.07, 6.45) is 0. The van der Waals surface area contributed by atoms with Crippen molar-refractivity contribution in [1.82, 2.24) is 19.1 Å². The average Bonchev–Trinajstić information content (AvgIpc) is 3.73. The minimum atomic E-state index is 0.674. The van der Waals surface area contributed by atoms with E-state index in [1.807, 2.05) is 0 Å². The number of hydrogen-bond donors (Lipinski definition) is 0. The van der Waals surface area contributed by atoms with Crippen molar-refractivity contribution in [1.29, 1.82) is 0 Å². The summed E-state index contributed by atoms with van der Waals surface area (Å²) < 4.78 is 4.81. The molecule has 0 aliphatic carbocycles. The molecule has 0 radical (unpaired) electrons. The maximum absolute atomic E-state index is 5.57. The zero-order chi connectivity index (χ0) is 33.2. The SMILES string of the molecule is c1ccc(-n2c3ccccc3c3c4ccccc4c4c5c6ccccc6ccc5n(-c5nc6c7c(cccc7n5)Sc5ccccc5-6)c4c32)cc1. The molecule has 1 aliphatic rings. The Kier molecular flexibility index (Phi) is 5.41. The lowest BCUT2D eigenvalue weighted by molar-refractivity contribution is 1.01. The molecule has 1 aliphatic heterocycles. The Hall–Kier alpha value is -6.43. The van der Waals surface area contributed by atoms with E-state index in [4.69, 9.17) is 9.97 Å². The van der Waals surface area contributed by atoms with Gasteiger partial charge in [0, 0.05) is 48.0 Å². The van der Waals surface area contributed by atoms with Crippen LogP contribution in [0.15, 0.2) is 168 Å². The molecule has 0 spiro atoms. The highest BCUT2D eigenvalue weighted by Crippen LogP contribution is 2.50. The van der Waals surface area contributed by atoms with E-state index in [2.05, 4.69) is 167 Å². The number of benzene rings is 8. The van der Waals surface area contributed by atoms with Crippen molar-refractivity contribution in [2.45, 2.75) is 9.79 Å². The molecule has 11 aromatic rings. The zero-order valence-electron chi connectivity index (χ0n) is 27.2. The fourth-order valence-electron chi connectivity index (χ4n) is 8.64. The first-order valence-corrected chi connectivity index (χ1v) is 18.1. The van der Waals surface area contributed by atoms with Gasteiger partial charge in [-0.05, 0) is 64.0 Å². The summed E-state index contributed by atoms with van der Waals surface area (Å²) in [6, 6.07) is 56.8. The van der Waals surface area contributed by atoms with E-state index in [0.29, 0.717) is 5.95 Å². The van der Waals surface area contributed by atoms with Crippen molar-refractivity contribution in [2.24, 2.45) is 0 Å². The standard InChI is InChI=1S/C46H26N4S/c1-2-14-28(15-3-1)49-35-22-10-8-19-32(35)39-30-17-6-7-18-31(30)41-40-29-16-5-4-13-27(29)25-26-36(40)50(45(41)44(39)49)46-47-34-21-12-24-38-42(34)43(48-46)33-20-9-11-23-37(33)51-38/h1-26H. The molecule has 4 heterocycles. The first-order chi connectivity index (χ1) is 25.3. The zero-order valence-corrected chi connectivity index (χ0v) is 28.0. The maximum atomic E-state index is 5.57. The molecule has 0 saturated heterocycles. The van der Waals surface area contributed by atoms with Crippen LogP contribution in [-0.4, -0.2) is 19.1 Å². The molecule has 12 rings (SSSR count). The molecule has 236 valence electrons. The average molecular weight is 667 g/mol. The quantitative estimate of drug-likeness (QED) is 0.184. The highest BCUT2D eigenvalue weighted by atomic mass is 32.2. The van der Waals surface area contributed by atoms with Gasteiger partial charge in [0.1, 0.15) is 0 Å². The lowest BCUT2D eigenvalue weighted by Gasteiger charge is -2.20. The van der Waals surface area contributed by atoms with Gasteiger partial charge in [0.25, 0.3) is 0 Å². The summed E-state index contributed by atoms with van der Waals surface area (Å²) >= 11 is 1.80. The number of rotatable bonds is 2. The van der Waals surface area contributed by atoms with Gasteiger partial charge in [-0.15, -0.1) is 0 Å². The second-order valence-corrected chi connectivity index (χ2v) is 14.4. The molecular formula is C46H26N4S. The van der Waals surface area contributed by atoms with Gasteiger partial charge in [-0.25, -0.2) is 9.97 Å². The van der Waals surface area contributed by atoms with E-state index in [1.165, 1.54) is 58.4 Å². The van der Waals surface area contributed by atoms with Gasteiger partial charge in [0.05, 0.1) is 33.3 Å². The molecule has 0 bridgehead atoms. The third kappa shape index (κ3) is 3.60. The third-order valence-corrected chi connectivity index (χ3v) is 11.8. The minimum absolute atomic E-state index is 0.674. The van der Waals surface area contributed by atoms with Gasteiger partial charge >= 0.3 is 0 Å². The third-order valence-electron chi connectivity index (χ3n) is 10.7. The Balaban J connectivity index is 1.39. The number of aromatic nitrogens is 4. The Bertz CT molecular complexity index is 3280. The second kappa shape index (κ2) is 10.1. The molecule has 0 atom stereocenters. The largest absolute Gasteiger partial charge is 0.307 e. The van der Waals surface area contributed by atoms with E-state index in [-0.39, 0.29) is 0 Å². The molecule has 8 aromatic carbocycles. The minimum Gasteiger partial charge on any atom is -0.307 e. The van der Waals surface area contributed by atoms with Crippen molar-refractivity contribution in [2.75, 3.05) is 0 Å². The molecule has 0 fully saturated rings. The predicted octanol–water partition coefficient (Wildman–Crippen LogP) is 12.3. The molecule has 3 aromatic heterocycles. The normalized spacial score (nSPS) is 12.6. The highest BCUT2D eigenvalue weighted by Gasteiger charge is 2.28. The van der Waals surface area contributed by atoms with Crippen LogP contribution in [0.2, 0.25) is 0 Å². The lowest BCUT2D eigenvalue weighted by Crippen LogP contribution is -2.06. The topological polar surface area (TPSA) is 35.6 Å². The van der Waals surface area contributed by atoms with E-state index in [1.54, 1.807) is 11.8 Å². The van der Waals surface area contributed by atoms with Crippen LogP contribution in [0.25, 0.3) is 99.0 Å². The van der Waals surface area contributed by atoms with Crippen molar-refractivity contribution >= 4 is 87.8 Å². The van der Waals surface area contributed by atoms with Gasteiger partial charge in [0.2, 0.25) is 5.95 Å². The number of hydrogen-bond acceptors (Lipinski definition) is 3. The number of nitrogens with zero attached hydrogens (tertiary/aromatic N) is 4. The van der Waals surface area contributed by atoms with Crippen LogP contribution in [0, 0.1) is 0 Å². The monoisotopic (exact) mass is 666 g/mol. The van der Waals surface area contributed by atoms with Crippen molar-refractivity contribution in [3.63, 3.8) is 0 Å². The summed E-state index contributed by atoms with van der Waals surface area (Å²) in [6.45, 7) is 0. The summed E-state index contributed by atoms with van der Waals surface area (Å²) in [4.78, 5) is 13.4. The van der Waals surface area contributed by atoms with Crippen LogP contribution in [0.4, 0.5) is 0 Å². The molecule has 0 unspecified atom stereocenters. The molecular weight excluding hydrogens is 641 g/mol. The summed E-state index contributed by atoms with van der Waals surface area (Å²) in [5.41, 5.74) is 8.72. The summed E-state index contributed by atoms with van der Waals surface area (Å²) in [5.74, 6) is 0.674. The molecule has 51 heavy (non-hydrogen) atoms. The van der Waals surface area contributed by atoms with Gasteiger partial charge in [0.15, 0.2) is 0 Å². The number of fused-ring (bicyclic) bond motifs is 14. The first kappa shape index (κ1) is 27.4. The molecule has 0 amide bonds. The van der Waals surface area contributed by atoms with E-state index < -0.39 is 0 Å². The van der Waals surface area contributed by atoms with E-state index in [0.717, 1.165) is 44.4 Å². The Morgan fingerprint density at radius 3 is 1.98 bits per heavy atom. The molecule has 0 saturated carbocycles. The lowest BCUT2D eigenvalue weighted by atomic mass is 9.96. The molecule has 5 heteroatoms. The fraction of sp³-hybridized carbons (Fsp3) is 0. The van der Waals surface area contributed by atoms with Gasteiger partial charge in [-0.1, -0.05) is 127 Å². The van der Waals surface area contributed by atoms with Crippen LogP contribution in [-0.2, 0) is 0 Å². The first-order valence-electron chi connectivity index (χ1n) is 17.3. The molecule has 0 N–H and O–H groups in total. The van der Waals surface area contributed by atoms with Gasteiger partial charge in [-0.3, -0.25) is 4.57 Å².